The monoisotopic (exact) mass is 214 g/mol. The van der Waals surface area contributed by atoms with Crippen molar-refractivity contribution in [2.45, 2.75) is 56.3 Å². The molecule has 0 spiro atoms. The van der Waals surface area contributed by atoms with Gasteiger partial charge in [0.05, 0.1) is 5.66 Å². The molecule has 3 heteroatoms. The van der Waals surface area contributed by atoms with Crippen LogP contribution in [0.4, 0.5) is 0 Å². The molecule has 0 aromatic rings. The van der Waals surface area contributed by atoms with Crippen LogP contribution >= 0.6 is 7.92 Å². The molecule has 80 valence electrons. The normalized spacial score (nSPS) is 34.6. The molecule has 1 aliphatic heterocycles. The van der Waals surface area contributed by atoms with Crippen molar-refractivity contribution < 1.29 is 9.90 Å². The molecule has 2 unspecified atom stereocenters. The van der Waals surface area contributed by atoms with Gasteiger partial charge < -0.3 is 5.11 Å². The molecule has 0 bridgehead atoms. The number of carboxylic acid groups (broad SMARTS) is 1. The Labute approximate surface area is 86.8 Å². The standard InChI is InChI=1S/C11H19O2P/c12-11(13)10-7-4-8-14(10)9-5-2-1-3-6-9/h9-10H,1-8H2,(H,12,13). The predicted octanol–water partition coefficient (Wildman–Crippen LogP) is 3.05. The molecular formula is C11H19O2P. The number of hydrogen-bond donors (Lipinski definition) is 1. The van der Waals surface area contributed by atoms with Crippen LogP contribution in [0.1, 0.15) is 44.9 Å². The Balaban J connectivity index is 1.97. The molecule has 0 aromatic carbocycles. The van der Waals surface area contributed by atoms with E-state index in [1.807, 2.05) is 0 Å². The molecule has 1 heterocycles. The van der Waals surface area contributed by atoms with Crippen LogP contribution in [0, 0.1) is 0 Å². The first-order chi connectivity index (χ1) is 6.79. The largest absolute Gasteiger partial charge is 0.481 e. The fraction of sp³-hybridized carbons (Fsp3) is 0.909. The van der Waals surface area contributed by atoms with Crippen LogP contribution in [0.3, 0.4) is 0 Å². The molecule has 2 atom stereocenters. The second-order valence-electron chi connectivity index (χ2n) is 4.53. The van der Waals surface area contributed by atoms with Gasteiger partial charge in [0, 0.05) is 0 Å². The van der Waals surface area contributed by atoms with Gasteiger partial charge in [-0.15, -0.1) is 0 Å². The Morgan fingerprint density at radius 3 is 2.43 bits per heavy atom. The molecular weight excluding hydrogens is 195 g/mol. The average molecular weight is 214 g/mol. The quantitative estimate of drug-likeness (QED) is 0.717. The Hall–Kier alpha value is -0.100. The Morgan fingerprint density at radius 2 is 1.79 bits per heavy atom. The number of carbonyl (C=O) groups is 1. The van der Waals surface area contributed by atoms with Gasteiger partial charge in [-0.1, -0.05) is 27.2 Å². The first kappa shape index (κ1) is 10.4. The van der Waals surface area contributed by atoms with E-state index in [1.165, 1.54) is 44.7 Å². The fourth-order valence-electron chi connectivity index (χ4n) is 2.90. The van der Waals surface area contributed by atoms with Crippen LogP contribution in [0.5, 0.6) is 0 Å². The number of hydrogen-bond acceptors (Lipinski definition) is 1. The van der Waals surface area contributed by atoms with Gasteiger partial charge in [-0.3, -0.25) is 4.79 Å². The minimum Gasteiger partial charge on any atom is -0.481 e. The van der Waals surface area contributed by atoms with Crippen molar-refractivity contribution in [2.24, 2.45) is 0 Å². The predicted molar refractivity (Wildman–Crippen MR) is 59.3 cm³/mol. The SMILES string of the molecule is O=C(O)C1CCCP1C1CCCCC1. The van der Waals surface area contributed by atoms with Gasteiger partial charge in [-0.25, -0.2) is 0 Å². The molecule has 1 N–H and O–H groups in total. The van der Waals surface area contributed by atoms with Gasteiger partial charge in [0.15, 0.2) is 0 Å². The lowest BCUT2D eigenvalue weighted by Gasteiger charge is -2.30. The van der Waals surface area contributed by atoms with Gasteiger partial charge >= 0.3 is 5.97 Å². The number of rotatable bonds is 2. The Morgan fingerprint density at radius 1 is 1.07 bits per heavy atom. The third-order valence-electron chi connectivity index (χ3n) is 3.62. The molecule has 2 rings (SSSR count). The van der Waals surface area contributed by atoms with Crippen molar-refractivity contribution in [1.29, 1.82) is 0 Å². The summed E-state index contributed by atoms with van der Waals surface area (Å²) in [6.45, 7) is 0. The van der Waals surface area contributed by atoms with Gasteiger partial charge in [0.2, 0.25) is 0 Å². The maximum absolute atomic E-state index is 11.1. The van der Waals surface area contributed by atoms with E-state index in [4.69, 9.17) is 5.11 Å². The summed E-state index contributed by atoms with van der Waals surface area (Å²) in [6.07, 6.45) is 10.0. The third kappa shape index (κ3) is 2.11. The van der Waals surface area contributed by atoms with Crippen LogP contribution in [0.2, 0.25) is 0 Å². The molecule has 2 aliphatic rings. The lowest BCUT2D eigenvalue weighted by molar-refractivity contribution is -0.136. The van der Waals surface area contributed by atoms with Crippen molar-refractivity contribution in [2.75, 3.05) is 6.16 Å². The lowest BCUT2D eigenvalue weighted by Crippen LogP contribution is -2.21. The van der Waals surface area contributed by atoms with E-state index in [9.17, 15) is 4.79 Å². The van der Waals surface area contributed by atoms with E-state index in [1.54, 1.807) is 0 Å². The first-order valence-electron chi connectivity index (χ1n) is 5.77. The molecule has 14 heavy (non-hydrogen) atoms. The number of carboxylic acids is 1. The van der Waals surface area contributed by atoms with Crippen molar-refractivity contribution >= 4 is 13.9 Å². The summed E-state index contributed by atoms with van der Waals surface area (Å²) in [4.78, 5) is 11.1. The second kappa shape index (κ2) is 4.61. The van der Waals surface area contributed by atoms with E-state index in [0.717, 1.165) is 12.1 Å². The first-order valence-corrected chi connectivity index (χ1v) is 7.44. The van der Waals surface area contributed by atoms with Crippen LogP contribution < -0.4 is 0 Å². The van der Waals surface area contributed by atoms with Crippen molar-refractivity contribution in [3.63, 3.8) is 0 Å². The zero-order valence-electron chi connectivity index (χ0n) is 8.61. The van der Waals surface area contributed by atoms with Crippen LogP contribution in [-0.2, 0) is 4.79 Å². The summed E-state index contributed by atoms with van der Waals surface area (Å²) in [5, 5.41) is 9.13. The van der Waals surface area contributed by atoms with Gasteiger partial charge in [0.1, 0.15) is 0 Å². The van der Waals surface area contributed by atoms with Crippen molar-refractivity contribution in [3.8, 4) is 0 Å². The van der Waals surface area contributed by atoms with E-state index in [-0.39, 0.29) is 13.6 Å². The maximum atomic E-state index is 11.1. The zero-order valence-corrected chi connectivity index (χ0v) is 9.51. The summed E-state index contributed by atoms with van der Waals surface area (Å²) >= 11 is 0. The summed E-state index contributed by atoms with van der Waals surface area (Å²) in [6, 6.07) is 0. The number of aliphatic carboxylic acids is 1. The average Bonchev–Trinajstić information content (AvgIpc) is 2.67. The highest BCUT2D eigenvalue weighted by molar-refractivity contribution is 7.60. The molecule has 2 nitrogen and oxygen atoms in total. The fourth-order valence-corrected chi connectivity index (χ4v) is 6.46. The molecule has 1 saturated carbocycles. The van der Waals surface area contributed by atoms with Gasteiger partial charge in [-0.05, 0) is 37.5 Å². The molecule has 2 fully saturated rings. The summed E-state index contributed by atoms with van der Waals surface area (Å²) in [7, 11) is -0.166. The minimum absolute atomic E-state index is 0.0492. The molecule has 1 aliphatic carbocycles. The lowest BCUT2D eigenvalue weighted by atomic mass is 10.0. The molecule has 0 radical (unpaired) electrons. The van der Waals surface area contributed by atoms with Gasteiger partial charge in [0.25, 0.3) is 0 Å². The van der Waals surface area contributed by atoms with Gasteiger partial charge in [-0.2, -0.15) is 0 Å². The summed E-state index contributed by atoms with van der Waals surface area (Å²) in [5.74, 6) is -0.515. The minimum atomic E-state index is -0.515. The molecule has 1 saturated heterocycles. The highest BCUT2D eigenvalue weighted by atomic mass is 31.1. The smallest absolute Gasteiger partial charge is 0.310 e. The van der Waals surface area contributed by atoms with Crippen molar-refractivity contribution in [1.82, 2.24) is 0 Å². The Kier molecular flexibility index (Phi) is 3.43. The zero-order chi connectivity index (χ0) is 9.97. The molecule has 0 amide bonds. The third-order valence-corrected chi connectivity index (χ3v) is 7.19. The highest BCUT2D eigenvalue weighted by Crippen LogP contribution is 2.57. The highest BCUT2D eigenvalue weighted by Gasteiger charge is 2.37. The van der Waals surface area contributed by atoms with Crippen LogP contribution in [-0.4, -0.2) is 28.6 Å². The van der Waals surface area contributed by atoms with Crippen LogP contribution in [0.25, 0.3) is 0 Å². The van der Waals surface area contributed by atoms with E-state index in [2.05, 4.69) is 0 Å². The van der Waals surface area contributed by atoms with Crippen molar-refractivity contribution in [3.05, 3.63) is 0 Å². The molecule has 0 aromatic heterocycles. The van der Waals surface area contributed by atoms with Crippen LogP contribution in [0.15, 0.2) is 0 Å². The van der Waals surface area contributed by atoms with E-state index < -0.39 is 5.97 Å². The van der Waals surface area contributed by atoms with E-state index >= 15 is 0 Å². The summed E-state index contributed by atoms with van der Waals surface area (Å²) < 4.78 is 0. The topological polar surface area (TPSA) is 37.3 Å². The summed E-state index contributed by atoms with van der Waals surface area (Å²) in [5.41, 5.74) is 0.843. The Bertz CT molecular complexity index is 211. The maximum Gasteiger partial charge on any atom is 0.310 e. The van der Waals surface area contributed by atoms with E-state index in [0.29, 0.717) is 0 Å². The second-order valence-corrected chi connectivity index (χ2v) is 7.36.